The number of aryl methyl sites for hydroxylation is 2. The fourth-order valence-electron chi connectivity index (χ4n) is 2.51. The van der Waals surface area contributed by atoms with Crippen LogP contribution in [0.15, 0.2) is 48.5 Å². The fraction of sp³-hybridized carbons (Fsp3) is 0.500. The predicted octanol–water partition coefficient (Wildman–Crippen LogP) is 6.46. The Bertz CT molecular complexity index is 548. The van der Waals surface area contributed by atoms with E-state index in [1.807, 2.05) is 13.8 Å². The average molecular weight is 342 g/mol. The summed E-state index contributed by atoms with van der Waals surface area (Å²) in [7, 11) is 0. The Morgan fingerprint density at radius 3 is 1.64 bits per heavy atom. The van der Waals surface area contributed by atoms with Gasteiger partial charge >= 0.3 is 0 Å². The van der Waals surface area contributed by atoms with Crippen LogP contribution in [-0.2, 0) is 18.3 Å². The van der Waals surface area contributed by atoms with E-state index in [1.165, 1.54) is 22.3 Å². The summed E-state index contributed by atoms with van der Waals surface area (Å²) >= 11 is 0. The molecule has 0 aromatic heterocycles. The van der Waals surface area contributed by atoms with Crippen LogP contribution in [0, 0.1) is 6.92 Å². The van der Waals surface area contributed by atoms with E-state index in [1.54, 1.807) is 0 Å². The molecule has 2 aromatic carbocycles. The van der Waals surface area contributed by atoms with E-state index in [0.717, 1.165) is 25.8 Å². The third-order valence-corrected chi connectivity index (χ3v) is 4.20. The summed E-state index contributed by atoms with van der Waals surface area (Å²) in [4.78, 5) is 0. The molecule has 0 amide bonds. The largest absolute Gasteiger partial charge is 0.330 e. The van der Waals surface area contributed by atoms with Gasteiger partial charge in [-0.25, -0.2) is 0 Å². The van der Waals surface area contributed by atoms with Gasteiger partial charge in [-0.15, -0.1) is 0 Å². The molecule has 0 unspecified atom stereocenters. The van der Waals surface area contributed by atoms with Crippen LogP contribution in [0.2, 0.25) is 0 Å². The fourth-order valence-corrected chi connectivity index (χ4v) is 2.51. The van der Waals surface area contributed by atoms with Crippen molar-refractivity contribution in [2.24, 2.45) is 5.73 Å². The van der Waals surface area contributed by atoms with E-state index in [0.29, 0.717) is 0 Å². The van der Waals surface area contributed by atoms with Gasteiger partial charge in [-0.05, 0) is 54.8 Å². The highest BCUT2D eigenvalue weighted by Gasteiger charge is 2.20. The van der Waals surface area contributed by atoms with Gasteiger partial charge in [0.05, 0.1) is 0 Å². The van der Waals surface area contributed by atoms with Gasteiger partial charge < -0.3 is 5.73 Å². The van der Waals surface area contributed by atoms with Crippen molar-refractivity contribution in [3.63, 3.8) is 0 Å². The molecule has 2 aromatic rings. The smallest absolute Gasteiger partial charge is 0.00632 e. The molecule has 0 saturated heterocycles. The Morgan fingerprint density at radius 2 is 1.24 bits per heavy atom. The van der Waals surface area contributed by atoms with Crippen LogP contribution in [0.25, 0.3) is 0 Å². The van der Waals surface area contributed by atoms with Crippen LogP contribution in [0.3, 0.4) is 0 Å². The zero-order valence-electron chi connectivity index (χ0n) is 17.5. The molecule has 2 rings (SSSR count). The molecule has 140 valence electrons. The predicted molar refractivity (Wildman–Crippen MR) is 114 cm³/mol. The van der Waals surface area contributed by atoms with Gasteiger partial charge in [0.2, 0.25) is 0 Å². The lowest BCUT2D eigenvalue weighted by Gasteiger charge is -2.26. The first-order valence-corrected chi connectivity index (χ1v) is 9.78. The molecule has 0 radical (unpaired) electrons. The molecule has 0 aliphatic carbocycles. The topological polar surface area (TPSA) is 26.0 Å². The summed E-state index contributed by atoms with van der Waals surface area (Å²) in [5, 5.41) is 0. The van der Waals surface area contributed by atoms with Crippen molar-refractivity contribution in [3.05, 3.63) is 70.8 Å². The van der Waals surface area contributed by atoms with Gasteiger partial charge in [0.25, 0.3) is 0 Å². The molecule has 0 fully saturated rings. The maximum absolute atomic E-state index is 5.03. The Labute approximate surface area is 156 Å². The molecule has 0 heterocycles. The second-order valence-corrected chi connectivity index (χ2v) is 6.89. The van der Waals surface area contributed by atoms with Crippen LogP contribution in [0.5, 0.6) is 0 Å². The highest BCUT2D eigenvalue weighted by atomic mass is 14.5. The quantitative estimate of drug-likeness (QED) is 0.663. The highest BCUT2D eigenvalue weighted by molar-refractivity contribution is 5.31. The number of hydrogen-bond donors (Lipinski definition) is 1. The molecule has 0 aliphatic rings. The van der Waals surface area contributed by atoms with E-state index in [4.69, 9.17) is 5.73 Å². The van der Waals surface area contributed by atoms with Gasteiger partial charge in [0.15, 0.2) is 0 Å². The molecule has 0 saturated carbocycles. The van der Waals surface area contributed by atoms with Crippen LogP contribution >= 0.6 is 0 Å². The minimum Gasteiger partial charge on any atom is -0.330 e. The summed E-state index contributed by atoms with van der Waals surface area (Å²) in [5.41, 5.74) is 10.8. The molecular formula is C24H39N. The molecule has 0 spiro atoms. The van der Waals surface area contributed by atoms with E-state index < -0.39 is 0 Å². The number of benzene rings is 2. The van der Waals surface area contributed by atoms with E-state index in [9.17, 15) is 0 Å². The first-order chi connectivity index (χ1) is 11.9. The number of rotatable bonds is 5. The standard InChI is InChI=1S/C19H24.C3H9N.C2H6/c1-5-16-10-12-18(13-11-16)19(3,4)14-17-8-6-15(2)7-9-17;1-2-3-4;1-2/h6-13H,5,14H2,1-4H3;2-4H2,1H3;1-2H3. The van der Waals surface area contributed by atoms with Crippen molar-refractivity contribution >= 4 is 0 Å². The first-order valence-electron chi connectivity index (χ1n) is 9.78. The first kappa shape index (κ1) is 23.4. The van der Waals surface area contributed by atoms with E-state index >= 15 is 0 Å². The van der Waals surface area contributed by atoms with Gasteiger partial charge in [0.1, 0.15) is 0 Å². The maximum Gasteiger partial charge on any atom is -0.00632 e. The maximum atomic E-state index is 5.03. The van der Waals surface area contributed by atoms with Crippen molar-refractivity contribution in [2.75, 3.05) is 6.54 Å². The molecule has 0 atom stereocenters. The Hall–Kier alpha value is -1.60. The Kier molecular flexibility index (Phi) is 11.9. The monoisotopic (exact) mass is 341 g/mol. The van der Waals surface area contributed by atoms with Gasteiger partial charge in [0, 0.05) is 0 Å². The zero-order valence-corrected chi connectivity index (χ0v) is 17.5. The summed E-state index contributed by atoms with van der Waals surface area (Å²) in [6.45, 7) is 15.9. The SMILES string of the molecule is CC.CCCN.CCc1ccc(C(C)(C)Cc2ccc(C)cc2)cc1. The van der Waals surface area contributed by atoms with Crippen LogP contribution in [-0.4, -0.2) is 6.54 Å². The number of hydrogen-bond acceptors (Lipinski definition) is 1. The van der Waals surface area contributed by atoms with Crippen LogP contribution in [0.1, 0.15) is 70.2 Å². The minimum atomic E-state index is 0.182. The van der Waals surface area contributed by atoms with Gasteiger partial charge in [-0.2, -0.15) is 0 Å². The molecule has 1 nitrogen and oxygen atoms in total. The van der Waals surface area contributed by atoms with Crippen molar-refractivity contribution in [2.45, 2.75) is 73.1 Å². The average Bonchev–Trinajstić information content (AvgIpc) is 2.65. The summed E-state index contributed by atoms with van der Waals surface area (Å²) in [6, 6.07) is 18.0. The highest BCUT2D eigenvalue weighted by Crippen LogP contribution is 2.28. The minimum absolute atomic E-state index is 0.182. The van der Waals surface area contributed by atoms with Crippen molar-refractivity contribution < 1.29 is 0 Å². The zero-order chi connectivity index (χ0) is 19.3. The summed E-state index contributed by atoms with van der Waals surface area (Å²) in [5.74, 6) is 0. The molecule has 2 N–H and O–H groups in total. The van der Waals surface area contributed by atoms with Gasteiger partial charge in [-0.3, -0.25) is 0 Å². The molecular weight excluding hydrogens is 302 g/mol. The molecule has 25 heavy (non-hydrogen) atoms. The van der Waals surface area contributed by atoms with Crippen molar-refractivity contribution in [1.82, 2.24) is 0 Å². The Morgan fingerprint density at radius 1 is 0.800 bits per heavy atom. The third-order valence-electron chi connectivity index (χ3n) is 4.20. The third kappa shape index (κ3) is 8.88. The lowest BCUT2D eigenvalue weighted by Crippen LogP contribution is -2.20. The number of nitrogens with two attached hydrogens (primary N) is 1. The Balaban J connectivity index is 0.000000845. The van der Waals surface area contributed by atoms with Crippen molar-refractivity contribution in [3.8, 4) is 0 Å². The van der Waals surface area contributed by atoms with E-state index in [-0.39, 0.29) is 5.41 Å². The lowest BCUT2D eigenvalue weighted by atomic mass is 9.79. The normalized spacial score (nSPS) is 10.2. The van der Waals surface area contributed by atoms with Crippen LogP contribution < -0.4 is 5.73 Å². The molecule has 1 heteroatoms. The van der Waals surface area contributed by atoms with E-state index in [2.05, 4.69) is 83.1 Å². The van der Waals surface area contributed by atoms with Crippen molar-refractivity contribution in [1.29, 1.82) is 0 Å². The molecule has 0 aliphatic heterocycles. The summed E-state index contributed by atoms with van der Waals surface area (Å²) in [6.07, 6.45) is 3.29. The molecule has 0 bridgehead atoms. The van der Waals surface area contributed by atoms with Crippen LogP contribution in [0.4, 0.5) is 0 Å². The van der Waals surface area contributed by atoms with Gasteiger partial charge in [-0.1, -0.05) is 95.6 Å². The summed E-state index contributed by atoms with van der Waals surface area (Å²) < 4.78 is 0. The second-order valence-electron chi connectivity index (χ2n) is 6.89. The lowest BCUT2D eigenvalue weighted by molar-refractivity contribution is 0.522. The second kappa shape index (κ2) is 12.7.